The summed E-state index contributed by atoms with van der Waals surface area (Å²) in [5, 5.41) is 11.4. The number of nitro groups is 1. The molecule has 1 heterocycles. The van der Waals surface area contributed by atoms with E-state index >= 15 is 0 Å². The highest BCUT2D eigenvalue weighted by molar-refractivity contribution is 5.85. The second-order valence-electron chi connectivity index (χ2n) is 4.95. The third-order valence-electron chi connectivity index (χ3n) is 3.60. The Balaban J connectivity index is 1.90. The molecule has 0 aliphatic heterocycles. The molecule has 7 nitrogen and oxygen atoms in total. The van der Waals surface area contributed by atoms with Crippen molar-refractivity contribution in [2.45, 2.75) is 18.9 Å². The average Bonchev–Trinajstić information content (AvgIpc) is 2.41. The molecule has 104 valence electrons. The maximum atomic E-state index is 10.8. The summed E-state index contributed by atoms with van der Waals surface area (Å²) in [6, 6.07) is 4.47. The van der Waals surface area contributed by atoms with E-state index in [9.17, 15) is 10.1 Å². The van der Waals surface area contributed by atoms with Crippen LogP contribution in [0, 0.1) is 16.0 Å². The Morgan fingerprint density at radius 1 is 1.40 bits per heavy atom. The lowest BCUT2D eigenvalue weighted by atomic mass is 9.82. The summed E-state index contributed by atoms with van der Waals surface area (Å²) in [4.78, 5) is 18.6. The SMILES string of the molecule is NCC1CC(Oc2ncnc3ccc([N+](=O)[O-])cc23)C1. The Kier molecular flexibility index (Phi) is 3.19. The number of aromatic nitrogens is 2. The smallest absolute Gasteiger partial charge is 0.270 e. The van der Waals surface area contributed by atoms with Gasteiger partial charge in [0.2, 0.25) is 5.88 Å². The van der Waals surface area contributed by atoms with E-state index in [0.717, 1.165) is 12.8 Å². The third-order valence-corrected chi connectivity index (χ3v) is 3.60. The monoisotopic (exact) mass is 274 g/mol. The van der Waals surface area contributed by atoms with Crippen molar-refractivity contribution >= 4 is 16.6 Å². The number of non-ortho nitro benzene ring substituents is 1. The number of nitrogens with two attached hydrogens (primary N) is 1. The first-order valence-corrected chi connectivity index (χ1v) is 6.43. The summed E-state index contributed by atoms with van der Waals surface area (Å²) in [5.74, 6) is 0.904. The average molecular weight is 274 g/mol. The molecular formula is C13H14N4O3. The van der Waals surface area contributed by atoms with Gasteiger partial charge >= 0.3 is 0 Å². The van der Waals surface area contributed by atoms with Gasteiger partial charge in [0, 0.05) is 12.1 Å². The first-order chi connectivity index (χ1) is 9.67. The fourth-order valence-corrected chi connectivity index (χ4v) is 2.35. The summed E-state index contributed by atoms with van der Waals surface area (Å²) >= 11 is 0. The van der Waals surface area contributed by atoms with Crippen molar-refractivity contribution in [3.05, 3.63) is 34.6 Å². The predicted molar refractivity (Wildman–Crippen MR) is 72.4 cm³/mol. The largest absolute Gasteiger partial charge is 0.474 e. The number of fused-ring (bicyclic) bond motifs is 1. The van der Waals surface area contributed by atoms with E-state index in [0.29, 0.717) is 29.2 Å². The zero-order valence-corrected chi connectivity index (χ0v) is 10.7. The number of rotatable bonds is 4. The van der Waals surface area contributed by atoms with Crippen LogP contribution in [-0.2, 0) is 0 Å². The fourth-order valence-electron chi connectivity index (χ4n) is 2.35. The van der Waals surface area contributed by atoms with Gasteiger partial charge in [-0.15, -0.1) is 0 Å². The molecule has 3 rings (SSSR count). The summed E-state index contributed by atoms with van der Waals surface area (Å²) in [6.45, 7) is 0.663. The molecular weight excluding hydrogens is 260 g/mol. The highest BCUT2D eigenvalue weighted by Gasteiger charge is 2.30. The summed E-state index contributed by atoms with van der Waals surface area (Å²) in [6.07, 6.45) is 3.29. The molecule has 0 radical (unpaired) electrons. The molecule has 7 heteroatoms. The van der Waals surface area contributed by atoms with Crippen molar-refractivity contribution in [2.75, 3.05) is 6.54 Å². The van der Waals surface area contributed by atoms with Crippen molar-refractivity contribution < 1.29 is 9.66 Å². The highest BCUT2D eigenvalue weighted by Crippen LogP contribution is 2.33. The zero-order valence-electron chi connectivity index (χ0n) is 10.7. The van der Waals surface area contributed by atoms with Crippen molar-refractivity contribution in [3.8, 4) is 5.88 Å². The van der Waals surface area contributed by atoms with Gasteiger partial charge in [-0.3, -0.25) is 10.1 Å². The summed E-state index contributed by atoms with van der Waals surface area (Å²) in [5.41, 5.74) is 6.22. The fraction of sp³-hybridized carbons (Fsp3) is 0.385. The van der Waals surface area contributed by atoms with E-state index in [-0.39, 0.29) is 11.8 Å². The molecule has 1 aromatic carbocycles. The Labute approximate surface area is 114 Å². The van der Waals surface area contributed by atoms with E-state index in [1.165, 1.54) is 18.5 Å². The molecule has 0 unspecified atom stereocenters. The van der Waals surface area contributed by atoms with Gasteiger partial charge in [0.05, 0.1) is 15.8 Å². The van der Waals surface area contributed by atoms with Crippen molar-refractivity contribution in [1.82, 2.24) is 9.97 Å². The van der Waals surface area contributed by atoms with Crippen LogP contribution in [0.1, 0.15) is 12.8 Å². The van der Waals surface area contributed by atoms with E-state index in [2.05, 4.69) is 9.97 Å². The van der Waals surface area contributed by atoms with Crippen LogP contribution in [0.4, 0.5) is 5.69 Å². The topological polar surface area (TPSA) is 104 Å². The Hall–Kier alpha value is -2.28. The van der Waals surface area contributed by atoms with Crippen LogP contribution in [0.5, 0.6) is 5.88 Å². The molecule has 2 N–H and O–H groups in total. The second-order valence-corrected chi connectivity index (χ2v) is 4.95. The minimum atomic E-state index is -0.440. The maximum Gasteiger partial charge on any atom is 0.270 e. The van der Waals surface area contributed by atoms with Gasteiger partial charge in [-0.25, -0.2) is 9.97 Å². The van der Waals surface area contributed by atoms with E-state index in [1.54, 1.807) is 6.07 Å². The van der Waals surface area contributed by atoms with Crippen LogP contribution in [0.2, 0.25) is 0 Å². The number of hydrogen-bond donors (Lipinski definition) is 1. The Bertz CT molecular complexity index is 655. The molecule has 0 saturated heterocycles. The third kappa shape index (κ3) is 2.27. The summed E-state index contributed by atoms with van der Waals surface area (Å²) in [7, 11) is 0. The number of hydrogen-bond acceptors (Lipinski definition) is 6. The molecule has 1 aromatic heterocycles. The lowest BCUT2D eigenvalue weighted by molar-refractivity contribution is -0.384. The minimum Gasteiger partial charge on any atom is -0.474 e. The first kappa shape index (κ1) is 12.7. The molecule has 20 heavy (non-hydrogen) atoms. The van der Waals surface area contributed by atoms with Gasteiger partial charge in [0.1, 0.15) is 12.4 Å². The summed E-state index contributed by atoms with van der Waals surface area (Å²) < 4.78 is 5.80. The molecule has 0 bridgehead atoms. The maximum absolute atomic E-state index is 10.8. The van der Waals surface area contributed by atoms with Gasteiger partial charge in [-0.1, -0.05) is 0 Å². The second kappa shape index (κ2) is 5.01. The number of nitrogens with zero attached hydrogens (tertiary/aromatic N) is 3. The van der Waals surface area contributed by atoms with Crippen molar-refractivity contribution in [1.29, 1.82) is 0 Å². The van der Waals surface area contributed by atoms with Gasteiger partial charge in [0.15, 0.2) is 0 Å². The van der Waals surface area contributed by atoms with Crippen LogP contribution >= 0.6 is 0 Å². The molecule has 0 atom stereocenters. The van der Waals surface area contributed by atoms with Crippen LogP contribution in [0.25, 0.3) is 10.9 Å². The standard InChI is InChI=1S/C13H14N4O3/c14-6-8-3-10(4-8)20-13-11-5-9(17(18)19)1-2-12(11)15-7-16-13/h1-2,5,7-8,10H,3-4,6,14H2. The van der Waals surface area contributed by atoms with Gasteiger partial charge in [-0.05, 0) is 31.4 Å². The zero-order chi connectivity index (χ0) is 14.1. The normalized spacial score (nSPS) is 21.4. The molecule has 1 saturated carbocycles. The van der Waals surface area contributed by atoms with Crippen LogP contribution < -0.4 is 10.5 Å². The van der Waals surface area contributed by atoms with Crippen LogP contribution in [0.15, 0.2) is 24.5 Å². The molecule has 1 fully saturated rings. The van der Waals surface area contributed by atoms with E-state index < -0.39 is 4.92 Å². The Morgan fingerprint density at radius 2 is 2.20 bits per heavy atom. The lowest BCUT2D eigenvalue weighted by Gasteiger charge is -2.34. The lowest BCUT2D eigenvalue weighted by Crippen LogP contribution is -2.37. The van der Waals surface area contributed by atoms with E-state index in [4.69, 9.17) is 10.5 Å². The first-order valence-electron chi connectivity index (χ1n) is 6.43. The highest BCUT2D eigenvalue weighted by atomic mass is 16.6. The molecule has 2 aromatic rings. The minimum absolute atomic E-state index is 0.00518. The van der Waals surface area contributed by atoms with Crippen molar-refractivity contribution in [3.63, 3.8) is 0 Å². The molecule has 1 aliphatic rings. The number of nitro benzene ring substituents is 1. The van der Waals surface area contributed by atoms with Crippen LogP contribution in [0.3, 0.4) is 0 Å². The van der Waals surface area contributed by atoms with E-state index in [1.807, 2.05) is 0 Å². The number of benzene rings is 1. The van der Waals surface area contributed by atoms with Crippen molar-refractivity contribution in [2.24, 2.45) is 11.7 Å². The van der Waals surface area contributed by atoms with Gasteiger partial charge in [0.25, 0.3) is 5.69 Å². The quantitative estimate of drug-likeness (QED) is 0.671. The molecule has 0 amide bonds. The number of ether oxygens (including phenoxy) is 1. The molecule has 0 spiro atoms. The molecule has 1 aliphatic carbocycles. The Morgan fingerprint density at radius 3 is 2.90 bits per heavy atom. The van der Waals surface area contributed by atoms with Crippen LogP contribution in [-0.4, -0.2) is 27.5 Å². The van der Waals surface area contributed by atoms with Gasteiger partial charge < -0.3 is 10.5 Å². The van der Waals surface area contributed by atoms with Gasteiger partial charge in [-0.2, -0.15) is 0 Å². The predicted octanol–water partition coefficient (Wildman–Crippen LogP) is 1.65.